The van der Waals surface area contributed by atoms with Crippen molar-refractivity contribution in [2.24, 2.45) is 5.73 Å². The molecule has 0 aromatic heterocycles. The molecule has 0 bridgehead atoms. The van der Waals surface area contributed by atoms with Crippen LogP contribution in [0.3, 0.4) is 0 Å². The molecular weight excluding hydrogens is 355 g/mol. The van der Waals surface area contributed by atoms with E-state index in [0.29, 0.717) is 13.1 Å². The van der Waals surface area contributed by atoms with Gasteiger partial charge in [-0.3, -0.25) is 9.69 Å². The molecule has 0 unspecified atom stereocenters. The molecule has 0 aliphatic carbocycles. The van der Waals surface area contributed by atoms with Crippen molar-refractivity contribution < 1.29 is 9.18 Å². The highest BCUT2D eigenvalue weighted by Crippen LogP contribution is 2.23. The van der Waals surface area contributed by atoms with Crippen LogP contribution in [0.15, 0.2) is 42.5 Å². The molecule has 28 heavy (non-hydrogen) atoms. The summed E-state index contributed by atoms with van der Waals surface area (Å²) in [6, 6.07) is 13.5. The van der Waals surface area contributed by atoms with E-state index >= 15 is 0 Å². The van der Waals surface area contributed by atoms with Crippen molar-refractivity contribution in [1.82, 2.24) is 10.2 Å². The van der Waals surface area contributed by atoms with Crippen LogP contribution in [-0.2, 0) is 24.3 Å². The standard InChI is InChI=1S/C22H29FN4O/c1-17(28)25-9-8-18-2-4-19(5-3-18)16-26-10-12-27(13-11-26)22-7-6-21(23)14-20(22)15-24/h2-7,14H,8-13,15-16,24H2,1H3,(H,25,28). The number of hydrogen-bond acceptors (Lipinski definition) is 4. The number of hydrogen-bond donors (Lipinski definition) is 2. The fraction of sp³-hybridized carbons (Fsp3) is 0.409. The van der Waals surface area contributed by atoms with E-state index in [1.807, 2.05) is 6.07 Å². The number of nitrogens with two attached hydrogens (primary N) is 1. The Hall–Kier alpha value is -2.44. The number of carbonyl (C=O) groups is 1. The number of amides is 1. The third-order valence-corrected chi connectivity index (χ3v) is 5.19. The lowest BCUT2D eigenvalue weighted by atomic mass is 10.1. The lowest BCUT2D eigenvalue weighted by molar-refractivity contribution is -0.118. The molecule has 3 N–H and O–H groups in total. The molecule has 1 aliphatic heterocycles. The average Bonchev–Trinajstić information content (AvgIpc) is 2.70. The van der Waals surface area contributed by atoms with Gasteiger partial charge in [0.1, 0.15) is 5.82 Å². The van der Waals surface area contributed by atoms with Gasteiger partial charge in [0.25, 0.3) is 0 Å². The van der Waals surface area contributed by atoms with Crippen LogP contribution in [0.2, 0.25) is 0 Å². The van der Waals surface area contributed by atoms with Crippen LogP contribution in [0.25, 0.3) is 0 Å². The third kappa shape index (κ3) is 5.53. The smallest absolute Gasteiger partial charge is 0.216 e. The number of halogens is 1. The summed E-state index contributed by atoms with van der Waals surface area (Å²) in [5, 5.41) is 2.82. The Morgan fingerprint density at radius 1 is 1.07 bits per heavy atom. The first kappa shape index (κ1) is 20.3. The van der Waals surface area contributed by atoms with Crippen LogP contribution in [0, 0.1) is 5.82 Å². The van der Waals surface area contributed by atoms with Gasteiger partial charge in [0.2, 0.25) is 5.91 Å². The van der Waals surface area contributed by atoms with Crippen molar-refractivity contribution >= 4 is 11.6 Å². The number of nitrogens with one attached hydrogen (secondary N) is 1. The fourth-order valence-electron chi connectivity index (χ4n) is 3.63. The maximum Gasteiger partial charge on any atom is 0.216 e. The molecular formula is C22H29FN4O. The van der Waals surface area contributed by atoms with E-state index in [1.54, 1.807) is 0 Å². The minimum Gasteiger partial charge on any atom is -0.369 e. The van der Waals surface area contributed by atoms with E-state index in [1.165, 1.54) is 30.2 Å². The summed E-state index contributed by atoms with van der Waals surface area (Å²) in [6.45, 7) is 7.23. The molecule has 0 radical (unpaired) electrons. The van der Waals surface area contributed by atoms with E-state index < -0.39 is 0 Å². The van der Waals surface area contributed by atoms with Crippen LogP contribution in [0.4, 0.5) is 10.1 Å². The quantitative estimate of drug-likeness (QED) is 0.769. The number of nitrogens with zero attached hydrogens (tertiary/aromatic N) is 2. The minimum absolute atomic E-state index is 0.00924. The van der Waals surface area contributed by atoms with Crippen molar-refractivity contribution in [3.63, 3.8) is 0 Å². The molecule has 1 aliphatic rings. The Bertz CT molecular complexity index is 786. The van der Waals surface area contributed by atoms with Gasteiger partial charge in [-0.1, -0.05) is 24.3 Å². The monoisotopic (exact) mass is 384 g/mol. The van der Waals surface area contributed by atoms with Crippen molar-refractivity contribution in [2.75, 3.05) is 37.6 Å². The van der Waals surface area contributed by atoms with Crippen LogP contribution < -0.4 is 16.0 Å². The summed E-state index contributed by atoms with van der Waals surface area (Å²) < 4.78 is 13.4. The summed E-state index contributed by atoms with van der Waals surface area (Å²) in [6.07, 6.45) is 0.847. The van der Waals surface area contributed by atoms with Gasteiger partial charge in [0.05, 0.1) is 0 Å². The third-order valence-electron chi connectivity index (χ3n) is 5.19. The summed E-state index contributed by atoms with van der Waals surface area (Å²) >= 11 is 0. The molecule has 3 rings (SSSR count). The zero-order valence-electron chi connectivity index (χ0n) is 16.5. The number of benzene rings is 2. The second-order valence-corrected chi connectivity index (χ2v) is 7.29. The summed E-state index contributed by atoms with van der Waals surface area (Å²) in [7, 11) is 0. The number of anilines is 1. The van der Waals surface area contributed by atoms with Crippen molar-refractivity contribution in [3.8, 4) is 0 Å². The summed E-state index contributed by atoms with van der Waals surface area (Å²) in [4.78, 5) is 15.7. The van der Waals surface area contributed by atoms with E-state index in [9.17, 15) is 9.18 Å². The molecule has 0 saturated carbocycles. The highest BCUT2D eigenvalue weighted by molar-refractivity contribution is 5.72. The second kappa shape index (κ2) is 9.66. The average molecular weight is 384 g/mol. The molecule has 2 aromatic rings. The highest BCUT2D eigenvalue weighted by Gasteiger charge is 2.19. The fourth-order valence-corrected chi connectivity index (χ4v) is 3.63. The SMILES string of the molecule is CC(=O)NCCc1ccc(CN2CCN(c3ccc(F)cc3CN)CC2)cc1. The van der Waals surface area contributed by atoms with Crippen LogP contribution >= 0.6 is 0 Å². The van der Waals surface area contributed by atoms with E-state index in [4.69, 9.17) is 5.73 Å². The molecule has 0 atom stereocenters. The number of rotatable bonds is 7. The summed E-state index contributed by atoms with van der Waals surface area (Å²) in [5.74, 6) is -0.224. The molecule has 1 heterocycles. The van der Waals surface area contributed by atoms with E-state index in [2.05, 4.69) is 39.4 Å². The topological polar surface area (TPSA) is 61.6 Å². The first-order chi connectivity index (χ1) is 13.5. The summed E-state index contributed by atoms with van der Waals surface area (Å²) in [5.41, 5.74) is 10.2. The van der Waals surface area contributed by atoms with Crippen molar-refractivity contribution in [2.45, 2.75) is 26.4 Å². The Kier molecular flexibility index (Phi) is 7.01. The molecule has 5 nitrogen and oxygen atoms in total. The van der Waals surface area contributed by atoms with Gasteiger partial charge >= 0.3 is 0 Å². The Balaban J connectivity index is 1.50. The lowest BCUT2D eigenvalue weighted by Crippen LogP contribution is -2.46. The van der Waals surface area contributed by atoms with E-state index in [-0.39, 0.29) is 11.7 Å². The molecule has 6 heteroatoms. The zero-order valence-corrected chi connectivity index (χ0v) is 16.5. The normalized spacial score (nSPS) is 14.9. The second-order valence-electron chi connectivity index (χ2n) is 7.29. The van der Waals surface area contributed by atoms with Crippen LogP contribution in [0.1, 0.15) is 23.6 Å². The predicted molar refractivity (Wildman–Crippen MR) is 111 cm³/mol. The molecule has 0 spiro atoms. The molecule has 2 aromatic carbocycles. The van der Waals surface area contributed by atoms with Gasteiger partial charge in [-0.15, -0.1) is 0 Å². The molecule has 1 amide bonds. The maximum atomic E-state index is 13.4. The van der Waals surface area contributed by atoms with Crippen molar-refractivity contribution in [3.05, 3.63) is 65.0 Å². The van der Waals surface area contributed by atoms with Gasteiger partial charge in [-0.25, -0.2) is 4.39 Å². The van der Waals surface area contributed by atoms with Crippen LogP contribution in [0.5, 0.6) is 0 Å². The Labute approximate surface area is 166 Å². The van der Waals surface area contributed by atoms with Gasteiger partial charge in [-0.2, -0.15) is 0 Å². The maximum absolute atomic E-state index is 13.4. The zero-order chi connectivity index (χ0) is 19.9. The number of piperazine rings is 1. The lowest BCUT2D eigenvalue weighted by Gasteiger charge is -2.37. The molecule has 150 valence electrons. The van der Waals surface area contributed by atoms with Crippen molar-refractivity contribution in [1.29, 1.82) is 0 Å². The van der Waals surface area contributed by atoms with Gasteiger partial charge < -0.3 is 16.0 Å². The first-order valence-corrected chi connectivity index (χ1v) is 9.83. The van der Waals surface area contributed by atoms with Gasteiger partial charge in [-0.05, 0) is 41.3 Å². The largest absolute Gasteiger partial charge is 0.369 e. The Morgan fingerprint density at radius 3 is 2.39 bits per heavy atom. The van der Waals surface area contributed by atoms with Gasteiger partial charge in [0.15, 0.2) is 0 Å². The first-order valence-electron chi connectivity index (χ1n) is 9.83. The Morgan fingerprint density at radius 2 is 1.75 bits per heavy atom. The minimum atomic E-state index is -0.233. The predicted octanol–water partition coefficient (Wildman–Crippen LogP) is 2.29. The van der Waals surface area contributed by atoms with Gasteiger partial charge in [0, 0.05) is 58.4 Å². The molecule has 1 fully saturated rings. The van der Waals surface area contributed by atoms with Crippen LogP contribution in [-0.4, -0.2) is 43.5 Å². The number of carbonyl (C=O) groups excluding carboxylic acids is 1. The highest BCUT2D eigenvalue weighted by atomic mass is 19.1. The molecule has 1 saturated heterocycles. The van der Waals surface area contributed by atoms with E-state index in [0.717, 1.165) is 50.4 Å².